The first kappa shape index (κ1) is 13.4. The molecular weight excluding hydrogens is 243 g/mol. The molecule has 0 spiro atoms. The molecule has 0 aromatic heterocycles. The summed E-state index contributed by atoms with van der Waals surface area (Å²) in [5, 5.41) is 0. The van der Waals surface area contributed by atoms with Crippen molar-refractivity contribution in [3.05, 3.63) is 35.9 Å². The van der Waals surface area contributed by atoms with E-state index in [2.05, 4.69) is 16.9 Å². The molecule has 1 aromatic carbocycles. The van der Waals surface area contributed by atoms with Crippen molar-refractivity contribution in [2.24, 2.45) is 0 Å². The van der Waals surface area contributed by atoms with Gasteiger partial charge < -0.3 is 4.90 Å². The fraction of sp³-hybridized carbons (Fsp3) is 0.538. The van der Waals surface area contributed by atoms with E-state index in [0.29, 0.717) is 12.5 Å². The average molecular weight is 259 g/mol. The van der Waals surface area contributed by atoms with E-state index >= 15 is 0 Å². The SMILES string of the molecule is FC(F)(F)OCCN1CCC(c2ccccc2)C1. The lowest BCUT2D eigenvalue weighted by Crippen LogP contribution is -2.27. The van der Waals surface area contributed by atoms with Crippen LogP contribution in [0.5, 0.6) is 0 Å². The van der Waals surface area contributed by atoms with Crippen LogP contribution >= 0.6 is 0 Å². The van der Waals surface area contributed by atoms with E-state index in [9.17, 15) is 13.2 Å². The van der Waals surface area contributed by atoms with Crippen LogP contribution < -0.4 is 0 Å². The van der Waals surface area contributed by atoms with Gasteiger partial charge in [-0.2, -0.15) is 0 Å². The van der Waals surface area contributed by atoms with Crippen LogP contribution in [0.2, 0.25) is 0 Å². The molecule has 1 fully saturated rings. The largest absolute Gasteiger partial charge is 0.522 e. The minimum absolute atomic E-state index is 0.287. The van der Waals surface area contributed by atoms with Crippen molar-refractivity contribution >= 4 is 0 Å². The van der Waals surface area contributed by atoms with Gasteiger partial charge in [0.15, 0.2) is 0 Å². The van der Waals surface area contributed by atoms with Gasteiger partial charge in [0, 0.05) is 13.1 Å². The highest BCUT2D eigenvalue weighted by Crippen LogP contribution is 2.26. The topological polar surface area (TPSA) is 12.5 Å². The van der Waals surface area contributed by atoms with E-state index < -0.39 is 6.36 Å². The Morgan fingerprint density at radius 3 is 2.61 bits per heavy atom. The molecule has 2 rings (SSSR count). The Hall–Kier alpha value is -1.07. The van der Waals surface area contributed by atoms with Crippen LogP contribution in [0.3, 0.4) is 0 Å². The number of rotatable bonds is 4. The first-order valence-corrected chi connectivity index (χ1v) is 6.02. The molecule has 0 bridgehead atoms. The molecule has 1 aromatic rings. The predicted molar refractivity (Wildman–Crippen MR) is 62.2 cm³/mol. The van der Waals surface area contributed by atoms with Gasteiger partial charge >= 0.3 is 6.36 Å². The first-order chi connectivity index (χ1) is 8.54. The fourth-order valence-electron chi connectivity index (χ4n) is 2.32. The number of hydrogen-bond acceptors (Lipinski definition) is 2. The Morgan fingerprint density at radius 2 is 1.94 bits per heavy atom. The average Bonchev–Trinajstić information content (AvgIpc) is 2.77. The molecule has 18 heavy (non-hydrogen) atoms. The van der Waals surface area contributed by atoms with Crippen LogP contribution in [-0.2, 0) is 4.74 Å². The van der Waals surface area contributed by atoms with Crippen LogP contribution in [0.4, 0.5) is 13.2 Å². The summed E-state index contributed by atoms with van der Waals surface area (Å²) in [6, 6.07) is 10.1. The number of halogens is 3. The van der Waals surface area contributed by atoms with Gasteiger partial charge in [0.1, 0.15) is 0 Å². The minimum Gasteiger partial charge on any atom is -0.300 e. The third kappa shape index (κ3) is 3.99. The molecule has 1 heterocycles. The van der Waals surface area contributed by atoms with Crippen molar-refractivity contribution < 1.29 is 17.9 Å². The second kappa shape index (κ2) is 5.71. The lowest BCUT2D eigenvalue weighted by atomic mass is 9.99. The molecule has 5 heteroatoms. The second-order valence-electron chi connectivity index (χ2n) is 4.49. The summed E-state index contributed by atoms with van der Waals surface area (Å²) in [5.41, 5.74) is 1.26. The van der Waals surface area contributed by atoms with Crippen molar-refractivity contribution in [3.8, 4) is 0 Å². The van der Waals surface area contributed by atoms with Crippen LogP contribution in [0, 0.1) is 0 Å². The van der Waals surface area contributed by atoms with Gasteiger partial charge in [-0.25, -0.2) is 0 Å². The zero-order chi connectivity index (χ0) is 13.0. The Bertz CT molecular complexity index is 366. The molecule has 2 nitrogen and oxygen atoms in total. The Morgan fingerprint density at radius 1 is 1.22 bits per heavy atom. The molecule has 1 saturated heterocycles. The van der Waals surface area contributed by atoms with Crippen LogP contribution in [0.15, 0.2) is 30.3 Å². The highest BCUT2D eigenvalue weighted by molar-refractivity contribution is 5.20. The summed E-state index contributed by atoms with van der Waals surface area (Å²) < 4.78 is 39.3. The predicted octanol–water partition coefficient (Wildman–Crippen LogP) is 3.01. The Labute approximate surface area is 104 Å². The fourth-order valence-corrected chi connectivity index (χ4v) is 2.32. The van der Waals surface area contributed by atoms with Crippen molar-refractivity contribution in [3.63, 3.8) is 0 Å². The first-order valence-electron chi connectivity index (χ1n) is 6.02. The number of benzene rings is 1. The molecule has 100 valence electrons. The van der Waals surface area contributed by atoms with Gasteiger partial charge in [0.2, 0.25) is 0 Å². The molecule has 1 atom stereocenters. The summed E-state index contributed by atoms with van der Waals surface area (Å²) in [5.74, 6) is 0.428. The van der Waals surface area contributed by atoms with E-state index in [1.54, 1.807) is 0 Å². The Kier molecular flexibility index (Phi) is 4.24. The summed E-state index contributed by atoms with van der Waals surface area (Å²) in [6.07, 6.45) is -3.52. The molecule has 1 unspecified atom stereocenters. The van der Waals surface area contributed by atoms with Gasteiger partial charge in [-0.15, -0.1) is 13.2 Å². The Balaban J connectivity index is 1.76. The van der Waals surface area contributed by atoms with Crippen LogP contribution in [-0.4, -0.2) is 37.5 Å². The van der Waals surface area contributed by atoms with Crippen molar-refractivity contribution in [2.45, 2.75) is 18.7 Å². The lowest BCUT2D eigenvalue weighted by Gasteiger charge is -2.16. The number of nitrogens with zero attached hydrogens (tertiary/aromatic N) is 1. The molecule has 0 N–H and O–H groups in total. The zero-order valence-electron chi connectivity index (χ0n) is 9.99. The van der Waals surface area contributed by atoms with E-state index in [-0.39, 0.29) is 6.61 Å². The summed E-state index contributed by atoms with van der Waals surface area (Å²) >= 11 is 0. The highest BCUT2D eigenvalue weighted by Gasteiger charge is 2.30. The maximum absolute atomic E-state index is 11.8. The molecule has 1 aliphatic rings. The monoisotopic (exact) mass is 259 g/mol. The van der Waals surface area contributed by atoms with Gasteiger partial charge in [0.25, 0.3) is 0 Å². The van der Waals surface area contributed by atoms with Gasteiger partial charge in [0.05, 0.1) is 6.61 Å². The van der Waals surface area contributed by atoms with E-state index in [4.69, 9.17) is 0 Å². The molecular formula is C13H16F3NO. The third-order valence-electron chi connectivity index (χ3n) is 3.22. The maximum Gasteiger partial charge on any atom is 0.522 e. The van der Waals surface area contributed by atoms with E-state index in [1.165, 1.54) is 5.56 Å². The summed E-state index contributed by atoms with van der Waals surface area (Å²) in [6.45, 7) is 1.69. The number of alkyl halides is 3. The molecule has 0 amide bonds. The van der Waals surface area contributed by atoms with E-state index in [1.807, 2.05) is 23.1 Å². The number of hydrogen-bond donors (Lipinski definition) is 0. The summed E-state index contributed by atoms with van der Waals surface area (Å²) in [4.78, 5) is 2.02. The molecule has 0 radical (unpaired) electrons. The second-order valence-corrected chi connectivity index (χ2v) is 4.49. The quantitative estimate of drug-likeness (QED) is 0.824. The molecule has 1 aliphatic heterocycles. The van der Waals surface area contributed by atoms with Gasteiger partial charge in [-0.05, 0) is 24.4 Å². The van der Waals surface area contributed by atoms with Gasteiger partial charge in [-0.3, -0.25) is 4.74 Å². The lowest BCUT2D eigenvalue weighted by molar-refractivity contribution is -0.324. The van der Waals surface area contributed by atoms with Crippen molar-refractivity contribution in [2.75, 3.05) is 26.2 Å². The normalized spacial score (nSPS) is 21.4. The van der Waals surface area contributed by atoms with E-state index in [0.717, 1.165) is 19.5 Å². The standard InChI is InChI=1S/C13H16F3NO/c14-13(15,16)18-9-8-17-7-6-12(10-17)11-4-2-1-3-5-11/h1-5,12H,6-10H2. The molecule has 0 aliphatic carbocycles. The molecule has 0 saturated carbocycles. The maximum atomic E-state index is 11.8. The van der Waals surface area contributed by atoms with Crippen molar-refractivity contribution in [1.82, 2.24) is 4.90 Å². The number of likely N-dealkylation sites (tertiary alicyclic amines) is 1. The van der Waals surface area contributed by atoms with Crippen LogP contribution in [0.1, 0.15) is 17.9 Å². The smallest absolute Gasteiger partial charge is 0.300 e. The zero-order valence-corrected chi connectivity index (χ0v) is 9.99. The summed E-state index contributed by atoms with van der Waals surface area (Å²) in [7, 11) is 0. The minimum atomic E-state index is -4.52. The van der Waals surface area contributed by atoms with Crippen molar-refractivity contribution in [1.29, 1.82) is 0 Å². The number of ether oxygens (including phenoxy) is 1. The third-order valence-corrected chi connectivity index (χ3v) is 3.22. The van der Waals surface area contributed by atoms with Crippen LogP contribution in [0.25, 0.3) is 0 Å². The highest BCUT2D eigenvalue weighted by atomic mass is 19.4. The van der Waals surface area contributed by atoms with Gasteiger partial charge in [-0.1, -0.05) is 30.3 Å².